The van der Waals surface area contributed by atoms with E-state index in [-0.39, 0.29) is 23.3 Å². The van der Waals surface area contributed by atoms with Crippen molar-refractivity contribution in [2.24, 2.45) is 0 Å². The lowest BCUT2D eigenvalue weighted by molar-refractivity contribution is -0.149. The molecule has 0 radical (unpaired) electrons. The summed E-state index contributed by atoms with van der Waals surface area (Å²) >= 11 is 0. The zero-order valence-corrected chi connectivity index (χ0v) is 18.9. The summed E-state index contributed by atoms with van der Waals surface area (Å²) in [5, 5.41) is 0. The van der Waals surface area contributed by atoms with Gasteiger partial charge in [-0.05, 0) is 12.1 Å². The van der Waals surface area contributed by atoms with E-state index < -0.39 is 42.4 Å². The number of ether oxygens (including phenoxy) is 2. The molecule has 33 heavy (non-hydrogen) atoms. The minimum absolute atomic E-state index is 0.0346. The van der Waals surface area contributed by atoms with E-state index in [1.165, 1.54) is 36.4 Å². The van der Waals surface area contributed by atoms with Crippen molar-refractivity contribution >= 4 is 19.5 Å². The second kappa shape index (κ2) is 11.6. The van der Waals surface area contributed by atoms with E-state index in [0.717, 1.165) is 25.9 Å². The Labute approximate surface area is 187 Å². The number of nitrogens with zero attached hydrogens (tertiary/aromatic N) is 2. The normalized spacial score (nSPS) is 12.6. The van der Waals surface area contributed by atoms with E-state index in [1.54, 1.807) is 6.07 Å². The number of rotatable bonds is 10. The first kappa shape index (κ1) is 26.1. The first-order valence-electron chi connectivity index (χ1n) is 9.37. The number of hydrogen-bond acceptors (Lipinski definition) is 9. The summed E-state index contributed by atoms with van der Waals surface area (Å²) in [6.45, 7) is -0.521. The van der Waals surface area contributed by atoms with Crippen molar-refractivity contribution in [3.8, 4) is 0 Å². The number of carbonyl (C=O) groups excluding carboxylic acids is 2. The maximum atomic E-state index is 14.1. The molecule has 13 heteroatoms. The van der Waals surface area contributed by atoms with E-state index in [0.29, 0.717) is 6.20 Å². The van der Waals surface area contributed by atoms with Crippen molar-refractivity contribution in [3.63, 3.8) is 0 Å². The second-order valence-electron chi connectivity index (χ2n) is 6.31. The molecule has 2 aromatic rings. The number of halogens is 1. The van der Waals surface area contributed by atoms with Crippen molar-refractivity contribution in [2.75, 3.05) is 27.9 Å². The van der Waals surface area contributed by atoms with E-state index in [4.69, 9.17) is 13.8 Å². The third-order valence-corrected chi connectivity index (χ3v) is 6.31. The summed E-state index contributed by atoms with van der Waals surface area (Å²) < 4.78 is 46.8. The highest BCUT2D eigenvalue weighted by Gasteiger charge is 2.42. The van der Waals surface area contributed by atoms with Gasteiger partial charge in [-0.15, -0.1) is 0 Å². The zero-order valence-electron chi connectivity index (χ0n) is 18.0. The number of carbonyl (C=O) groups is 2. The molecule has 0 bridgehead atoms. The molecule has 0 N–H and O–H groups in total. The number of hydrogen-bond donors (Lipinski definition) is 0. The highest BCUT2D eigenvalue weighted by Crippen LogP contribution is 2.52. The van der Waals surface area contributed by atoms with Crippen LogP contribution in [0.5, 0.6) is 0 Å². The Balaban J connectivity index is 2.20. The predicted octanol–water partition coefficient (Wildman–Crippen LogP) is 1.40. The minimum atomic E-state index is -3.95. The van der Waals surface area contributed by atoms with Gasteiger partial charge in [-0.2, -0.15) is 8.96 Å². The molecule has 178 valence electrons. The predicted molar refractivity (Wildman–Crippen MR) is 114 cm³/mol. The topological polar surface area (TPSA) is 132 Å². The summed E-state index contributed by atoms with van der Waals surface area (Å²) in [5.74, 6) is -4.91. The molecular weight excluding hydrogens is 462 g/mol. The summed E-state index contributed by atoms with van der Waals surface area (Å²) in [6, 6.07) is 7.48. The van der Waals surface area contributed by atoms with Crippen LogP contribution in [0.15, 0.2) is 58.3 Å². The third kappa shape index (κ3) is 5.99. The van der Waals surface area contributed by atoms with Gasteiger partial charge in [0.25, 0.3) is 17.3 Å². The van der Waals surface area contributed by atoms with Crippen LogP contribution in [0.4, 0.5) is 4.39 Å². The van der Waals surface area contributed by atoms with Gasteiger partial charge in [0.2, 0.25) is 5.82 Å². The molecule has 0 amide bonds. The van der Waals surface area contributed by atoms with E-state index >= 15 is 0 Å². The standard InChI is InChI=1S/C20H22FN2O9P/c1-29-18(26)19(33(28,30-2)31-3)32-12-8-7-11-22-13-15(21)17(25)23(20(22)27)16(24)14-9-5-4-6-10-14/h4-10,13,19H,11-12H2,1-3H3/b8-7-. The number of aromatic nitrogens is 2. The monoisotopic (exact) mass is 484 g/mol. The molecule has 1 unspecified atom stereocenters. The average molecular weight is 484 g/mol. The molecule has 1 heterocycles. The van der Waals surface area contributed by atoms with Crippen molar-refractivity contribution < 1.29 is 37.1 Å². The summed E-state index contributed by atoms with van der Waals surface area (Å²) in [6.07, 6.45) is 3.36. The lowest BCUT2D eigenvalue weighted by atomic mass is 10.2. The molecular formula is C20H22FN2O9P. The summed E-state index contributed by atoms with van der Waals surface area (Å²) in [5.41, 5.74) is -2.38. The van der Waals surface area contributed by atoms with Gasteiger partial charge in [0.1, 0.15) is 0 Å². The smallest absolute Gasteiger partial charge is 0.370 e. The fraction of sp³-hybridized carbons (Fsp3) is 0.300. The quantitative estimate of drug-likeness (QED) is 0.279. The van der Waals surface area contributed by atoms with Gasteiger partial charge in [0.15, 0.2) is 0 Å². The molecule has 2 rings (SSSR count). The first-order chi connectivity index (χ1) is 15.7. The van der Waals surface area contributed by atoms with Crippen LogP contribution < -0.4 is 11.2 Å². The molecule has 0 fully saturated rings. The van der Waals surface area contributed by atoms with Crippen LogP contribution in [0.3, 0.4) is 0 Å². The second-order valence-corrected chi connectivity index (χ2v) is 8.59. The zero-order chi connectivity index (χ0) is 24.6. The Bertz CT molecular complexity index is 1180. The highest BCUT2D eigenvalue weighted by molar-refractivity contribution is 7.55. The molecule has 1 atom stereocenters. The Morgan fingerprint density at radius 3 is 2.30 bits per heavy atom. The summed E-state index contributed by atoms with van der Waals surface area (Å²) in [4.78, 5) is 49.1. The number of allylic oxidation sites excluding steroid dienone is 1. The molecule has 0 aliphatic heterocycles. The number of methoxy groups -OCH3 is 1. The van der Waals surface area contributed by atoms with Crippen LogP contribution >= 0.6 is 7.60 Å². The van der Waals surface area contributed by atoms with Crippen LogP contribution in [0.25, 0.3) is 0 Å². The van der Waals surface area contributed by atoms with Crippen molar-refractivity contribution in [2.45, 2.75) is 12.4 Å². The molecule has 0 spiro atoms. The lowest BCUT2D eigenvalue weighted by Crippen LogP contribution is -2.44. The van der Waals surface area contributed by atoms with Crippen molar-refractivity contribution in [1.29, 1.82) is 0 Å². The number of benzene rings is 1. The largest absolute Gasteiger partial charge is 0.467 e. The van der Waals surface area contributed by atoms with Crippen LogP contribution in [-0.2, 0) is 34.4 Å². The van der Waals surface area contributed by atoms with Crippen molar-refractivity contribution in [3.05, 3.63) is 80.9 Å². The molecule has 1 aromatic carbocycles. The fourth-order valence-corrected chi connectivity index (χ4v) is 3.81. The van der Waals surface area contributed by atoms with Crippen LogP contribution in [0.1, 0.15) is 10.4 Å². The fourth-order valence-electron chi connectivity index (χ4n) is 2.65. The van der Waals surface area contributed by atoms with E-state index in [1.807, 2.05) is 0 Å². The van der Waals surface area contributed by atoms with Gasteiger partial charge in [-0.25, -0.2) is 9.59 Å². The van der Waals surface area contributed by atoms with Gasteiger partial charge in [0, 0.05) is 26.3 Å². The maximum Gasteiger partial charge on any atom is 0.370 e. The van der Waals surface area contributed by atoms with Gasteiger partial charge >= 0.3 is 19.3 Å². The molecule has 1 aromatic heterocycles. The van der Waals surface area contributed by atoms with E-state index in [9.17, 15) is 28.1 Å². The van der Waals surface area contributed by atoms with Crippen LogP contribution in [0, 0.1) is 5.82 Å². The molecule has 0 aliphatic rings. The molecule has 0 saturated carbocycles. The van der Waals surface area contributed by atoms with Crippen LogP contribution in [-0.4, -0.2) is 54.8 Å². The highest BCUT2D eigenvalue weighted by atomic mass is 31.2. The Hall–Kier alpha value is -3.18. The minimum Gasteiger partial charge on any atom is -0.467 e. The first-order valence-corrected chi connectivity index (χ1v) is 11.0. The maximum absolute atomic E-state index is 14.1. The Morgan fingerprint density at radius 2 is 1.73 bits per heavy atom. The molecule has 11 nitrogen and oxygen atoms in total. The van der Waals surface area contributed by atoms with Gasteiger partial charge < -0.3 is 18.5 Å². The van der Waals surface area contributed by atoms with Gasteiger partial charge in [-0.1, -0.05) is 30.4 Å². The molecule has 0 aliphatic carbocycles. The van der Waals surface area contributed by atoms with E-state index in [2.05, 4.69) is 4.74 Å². The molecule has 0 saturated heterocycles. The third-order valence-electron chi connectivity index (χ3n) is 4.36. The Kier molecular flexibility index (Phi) is 9.18. The van der Waals surface area contributed by atoms with Gasteiger partial charge in [0.05, 0.1) is 19.9 Å². The SMILES string of the molecule is COC(=O)C(OC/C=C\Cn1cc(F)c(=O)n(C(=O)c2ccccc2)c1=O)P(=O)(OC)OC. The number of esters is 1. The van der Waals surface area contributed by atoms with Crippen LogP contribution in [0.2, 0.25) is 0 Å². The summed E-state index contributed by atoms with van der Waals surface area (Å²) in [7, 11) is -0.731. The lowest BCUT2D eigenvalue weighted by Gasteiger charge is -2.21. The average Bonchev–Trinajstić information content (AvgIpc) is 2.84. The Morgan fingerprint density at radius 1 is 1.09 bits per heavy atom. The van der Waals surface area contributed by atoms with Crippen molar-refractivity contribution in [1.82, 2.24) is 9.13 Å². The van der Waals surface area contributed by atoms with Gasteiger partial charge in [-0.3, -0.25) is 18.7 Å².